The lowest BCUT2D eigenvalue weighted by molar-refractivity contribution is -0.129. The molecule has 2 aromatic rings. The van der Waals surface area contributed by atoms with Gasteiger partial charge in [0.05, 0.1) is 10.5 Å². The molecule has 0 bridgehead atoms. The highest BCUT2D eigenvalue weighted by Crippen LogP contribution is 2.22. The zero-order valence-electron chi connectivity index (χ0n) is 7.68. The maximum absolute atomic E-state index is 10.0. The smallest absolute Gasteiger partial charge is 0.293 e. The number of nitrogens with zero attached hydrogens (tertiary/aromatic N) is 2. The molecular weight excluding hydrogens is 216 g/mol. The third-order valence-corrected chi connectivity index (χ3v) is 2.19. The average Bonchev–Trinajstić information content (AvgIpc) is 2.26. The molecule has 4 nitrogen and oxygen atoms in total. The van der Waals surface area contributed by atoms with Crippen molar-refractivity contribution in [2.24, 2.45) is 0 Å². The summed E-state index contributed by atoms with van der Waals surface area (Å²) in [7, 11) is 0. The van der Waals surface area contributed by atoms with E-state index < -0.39 is 0 Å². The molecule has 76 valence electrons. The number of hydrogen-bond acceptors (Lipinski definition) is 4. The second-order valence-electron chi connectivity index (χ2n) is 2.91. The van der Waals surface area contributed by atoms with Gasteiger partial charge < -0.3 is 4.74 Å². The average molecular weight is 223 g/mol. The van der Waals surface area contributed by atoms with Crippen LogP contribution in [-0.2, 0) is 16.1 Å². The van der Waals surface area contributed by atoms with Crippen molar-refractivity contribution in [2.45, 2.75) is 6.61 Å². The Morgan fingerprint density at radius 3 is 2.93 bits per heavy atom. The van der Waals surface area contributed by atoms with E-state index in [4.69, 9.17) is 11.6 Å². The highest BCUT2D eigenvalue weighted by Gasteiger charge is 2.04. The summed E-state index contributed by atoms with van der Waals surface area (Å²) in [6.45, 7) is 0.588. The fourth-order valence-electron chi connectivity index (χ4n) is 1.30. The van der Waals surface area contributed by atoms with E-state index in [2.05, 4.69) is 14.7 Å². The molecular formula is C10H7ClN2O2. The minimum absolute atomic E-state index is 0.190. The van der Waals surface area contributed by atoms with Gasteiger partial charge in [-0.2, -0.15) is 0 Å². The Labute approximate surface area is 90.9 Å². The maximum Gasteiger partial charge on any atom is 0.293 e. The molecule has 15 heavy (non-hydrogen) atoms. The summed E-state index contributed by atoms with van der Waals surface area (Å²) in [5.74, 6) is 0. The van der Waals surface area contributed by atoms with Gasteiger partial charge in [0.2, 0.25) is 0 Å². The molecule has 0 aliphatic carbocycles. The minimum Gasteiger partial charge on any atom is -0.463 e. The number of fused-ring (bicyclic) bond motifs is 1. The van der Waals surface area contributed by atoms with Crippen molar-refractivity contribution in [3.8, 4) is 0 Å². The van der Waals surface area contributed by atoms with E-state index in [-0.39, 0.29) is 6.61 Å². The first-order chi connectivity index (χ1) is 7.31. The van der Waals surface area contributed by atoms with Crippen LogP contribution in [0, 0.1) is 0 Å². The number of aromatic nitrogens is 2. The summed E-state index contributed by atoms with van der Waals surface area (Å²) in [5, 5.41) is 0.505. The molecule has 0 aliphatic rings. The molecule has 0 fully saturated rings. The van der Waals surface area contributed by atoms with Crippen LogP contribution in [0.15, 0.2) is 24.5 Å². The van der Waals surface area contributed by atoms with Gasteiger partial charge in [-0.3, -0.25) is 14.8 Å². The number of ether oxygens (including phenoxy) is 1. The van der Waals surface area contributed by atoms with Crippen LogP contribution in [0.5, 0.6) is 0 Å². The molecule has 0 saturated heterocycles. The Morgan fingerprint density at radius 2 is 2.13 bits per heavy atom. The van der Waals surface area contributed by atoms with Gasteiger partial charge in [-0.15, -0.1) is 0 Å². The van der Waals surface area contributed by atoms with Gasteiger partial charge in [0.15, 0.2) is 0 Å². The number of carbonyl (C=O) groups excluding carboxylic acids is 1. The van der Waals surface area contributed by atoms with Crippen molar-refractivity contribution >= 4 is 29.1 Å². The van der Waals surface area contributed by atoms with Gasteiger partial charge in [0.25, 0.3) is 6.47 Å². The molecule has 0 atom stereocenters. The van der Waals surface area contributed by atoms with E-state index in [1.165, 1.54) is 0 Å². The first-order valence-corrected chi connectivity index (χ1v) is 4.63. The molecule has 1 aromatic heterocycles. The second-order valence-corrected chi connectivity index (χ2v) is 3.32. The molecule has 0 saturated carbocycles. The van der Waals surface area contributed by atoms with Gasteiger partial charge in [0.1, 0.15) is 12.1 Å². The van der Waals surface area contributed by atoms with E-state index in [1.807, 2.05) is 0 Å². The summed E-state index contributed by atoms with van der Waals surface area (Å²) < 4.78 is 4.64. The van der Waals surface area contributed by atoms with Crippen molar-refractivity contribution in [1.29, 1.82) is 0 Å². The summed E-state index contributed by atoms with van der Waals surface area (Å²) in [6, 6.07) is 3.50. The number of hydrogen-bond donors (Lipinski definition) is 0. The summed E-state index contributed by atoms with van der Waals surface area (Å²) in [6.07, 6.45) is 3.17. The first kappa shape index (κ1) is 9.86. The third-order valence-electron chi connectivity index (χ3n) is 1.91. The first-order valence-electron chi connectivity index (χ1n) is 4.25. The summed E-state index contributed by atoms with van der Waals surface area (Å²) in [5.41, 5.74) is 2.13. The molecule has 0 aliphatic heterocycles. The Morgan fingerprint density at radius 1 is 1.33 bits per heavy atom. The zero-order chi connectivity index (χ0) is 10.7. The van der Waals surface area contributed by atoms with Crippen molar-refractivity contribution in [2.75, 3.05) is 0 Å². The highest BCUT2D eigenvalue weighted by atomic mass is 35.5. The number of carbonyl (C=O) groups is 1. The van der Waals surface area contributed by atoms with Gasteiger partial charge in [0, 0.05) is 12.4 Å². The van der Waals surface area contributed by atoms with Crippen molar-refractivity contribution < 1.29 is 9.53 Å². The summed E-state index contributed by atoms with van der Waals surface area (Å²) >= 11 is 5.99. The van der Waals surface area contributed by atoms with Crippen molar-refractivity contribution in [1.82, 2.24) is 9.97 Å². The lowest BCUT2D eigenvalue weighted by Gasteiger charge is -2.03. The number of rotatable bonds is 3. The highest BCUT2D eigenvalue weighted by molar-refractivity contribution is 6.34. The van der Waals surface area contributed by atoms with Crippen LogP contribution in [-0.4, -0.2) is 16.4 Å². The number of halogens is 1. The van der Waals surface area contributed by atoms with Crippen LogP contribution in [0.1, 0.15) is 5.56 Å². The lowest BCUT2D eigenvalue weighted by Crippen LogP contribution is -1.92. The standard InChI is InChI=1S/C10H7ClN2O2/c11-8-3-7(5-15-6-14)4-9-10(8)13-2-1-12-9/h1-4,6H,5H2. The van der Waals surface area contributed by atoms with E-state index in [0.29, 0.717) is 22.5 Å². The third kappa shape index (κ3) is 2.05. The van der Waals surface area contributed by atoms with Gasteiger partial charge in [-0.1, -0.05) is 11.6 Å². The fraction of sp³-hybridized carbons (Fsp3) is 0.100. The summed E-state index contributed by atoms with van der Waals surface area (Å²) in [4.78, 5) is 18.3. The SMILES string of the molecule is O=COCc1cc(Cl)c2nccnc2c1. The number of benzene rings is 1. The maximum atomic E-state index is 10.0. The quantitative estimate of drug-likeness (QED) is 0.745. The van der Waals surface area contributed by atoms with Crippen molar-refractivity contribution in [3.63, 3.8) is 0 Å². The zero-order valence-corrected chi connectivity index (χ0v) is 8.44. The van der Waals surface area contributed by atoms with Crippen LogP contribution >= 0.6 is 11.6 Å². The van der Waals surface area contributed by atoms with Crippen LogP contribution in [0.4, 0.5) is 0 Å². The van der Waals surface area contributed by atoms with Gasteiger partial charge >= 0.3 is 0 Å². The fourth-order valence-corrected chi connectivity index (χ4v) is 1.59. The predicted octanol–water partition coefficient (Wildman–Crippen LogP) is 1.96. The Kier molecular flexibility index (Phi) is 2.78. The van der Waals surface area contributed by atoms with Crippen LogP contribution in [0.2, 0.25) is 5.02 Å². The second kappa shape index (κ2) is 4.23. The molecule has 0 radical (unpaired) electrons. The van der Waals surface area contributed by atoms with Crippen LogP contribution in [0.25, 0.3) is 11.0 Å². The van der Waals surface area contributed by atoms with E-state index in [9.17, 15) is 4.79 Å². The monoisotopic (exact) mass is 222 g/mol. The normalized spacial score (nSPS) is 10.2. The molecule has 5 heteroatoms. The van der Waals surface area contributed by atoms with Crippen LogP contribution in [0.3, 0.4) is 0 Å². The molecule has 2 rings (SSSR count). The molecule has 1 aromatic carbocycles. The molecule has 0 unspecified atom stereocenters. The topological polar surface area (TPSA) is 52.1 Å². The van der Waals surface area contributed by atoms with Crippen LogP contribution < -0.4 is 0 Å². The van der Waals surface area contributed by atoms with E-state index in [0.717, 1.165) is 5.56 Å². The Bertz CT molecular complexity index is 502. The van der Waals surface area contributed by atoms with Crippen molar-refractivity contribution in [3.05, 3.63) is 35.1 Å². The Hall–Kier alpha value is -1.68. The van der Waals surface area contributed by atoms with Gasteiger partial charge in [-0.05, 0) is 17.7 Å². The molecule has 0 amide bonds. The van der Waals surface area contributed by atoms with Gasteiger partial charge in [-0.25, -0.2) is 0 Å². The Balaban J connectivity index is 2.47. The molecule has 1 heterocycles. The van der Waals surface area contributed by atoms with E-state index in [1.54, 1.807) is 24.5 Å². The predicted molar refractivity (Wildman–Crippen MR) is 55.4 cm³/mol. The largest absolute Gasteiger partial charge is 0.463 e. The molecule has 0 spiro atoms. The molecule has 0 N–H and O–H groups in total. The van der Waals surface area contributed by atoms with E-state index >= 15 is 0 Å². The lowest BCUT2D eigenvalue weighted by atomic mass is 10.2. The minimum atomic E-state index is 0.190.